The lowest BCUT2D eigenvalue weighted by atomic mass is 10.2. The first-order valence-electron chi connectivity index (χ1n) is 8.58. The second-order valence-corrected chi connectivity index (χ2v) is 7.14. The minimum absolute atomic E-state index is 0.605. The molecule has 0 saturated heterocycles. The molecule has 2 aromatic heterocycles. The number of ether oxygens (including phenoxy) is 2. The van der Waals surface area contributed by atoms with Crippen molar-refractivity contribution in [3.05, 3.63) is 77.8 Å². The highest BCUT2D eigenvalue weighted by Crippen LogP contribution is 2.36. The molecule has 0 fully saturated rings. The zero-order chi connectivity index (χ0) is 18.6. The summed E-state index contributed by atoms with van der Waals surface area (Å²) < 4.78 is 11.3. The molecule has 0 saturated carbocycles. The first kappa shape index (κ1) is 17.3. The first-order chi connectivity index (χ1) is 13.2. The maximum Gasteiger partial charge on any atom is 0.213 e. The monoisotopic (exact) mass is 377 g/mol. The molecule has 0 unspecified atom stereocenters. The molecule has 1 aliphatic heterocycles. The summed E-state index contributed by atoms with van der Waals surface area (Å²) in [6.07, 6.45) is 7.80. The van der Waals surface area contributed by atoms with Gasteiger partial charge in [-0.05, 0) is 25.1 Å². The number of aromatic nitrogens is 2. The molecule has 0 amide bonds. The van der Waals surface area contributed by atoms with E-state index in [0.29, 0.717) is 12.4 Å². The van der Waals surface area contributed by atoms with Gasteiger partial charge in [-0.15, -0.1) is 0 Å². The van der Waals surface area contributed by atoms with Gasteiger partial charge in [0.25, 0.3) is 0 Å². The van der Waals surface area contributed by atoms with E-state index in [1.807, 2.05) is 67.7 Å². The van der Waals surface area contributed by atoms with E-state index in [-0.39, 0.29) is 0 Å². The lowest BCUT2D eigenvalue weighted by Crippen LogP contribution is -2.19. The van der Waals surface area contributed by atoms with Gasteiger partial charge in [-0.2, -0.15) is 0 Å². The molecule has 3 heterocycles. The third-order valence-electron chi connectivity index (χ3n) is 4.13. The van der Waals surface area contributed by atoms with Gasteiger partial charge >= 0.3 is 0 Å². The second kappa shape index (κ2) is 7.63. The molecule has 136 valence electrons. The van der Waals surface area contributed by atoms with E-state index < -0.39 is 0 Å². The summed E-state index contributed by atoms with van der Waals surface area (Å²) >= 11 is 1.56. The molecular formula is C21H19N3O2S. The zero-order valence-electron chi connectivity index (χ0n) is 15.1. The van der Waals surface area contributed by atoms with Crippen LogP contribution in [0.15, 0.2) is 72.8 Å². The van der Waals surface area contributed by atoms with E-state index in [1.54, 1.807) is 24.6 Å². The summed E-state index contributed by atoms with van der Waals surface area (Å²) in [4.78, 5) is 11.0. The van der Waals surface area contributed by atoms with Crippen molar-refractivity contribution in [3.63, 3.8) is 0 Å². The maximum absolute atomic E-state index is 6.15. The fraction of sp³-hybridized carbons (Fsp3) is 0.143. The zero-order valence-corrected chi connectivity index (χ0v) is 15.9. The minimum Gasteiger partial charge on any atom is -0.481 e. The Kier molecular flexibility index (Phi) is 4.89. The van der Waals surface area contributed by atoms with Crippen molar-refractivity contribution < 1.29 is 9.47 Å². The number of allylic oxidation sites excluding steroid dienone is 1. The van der Waals surface area contributed by atoms with Gasteiger partial charge in [0.15, 0.2) is 0 Å². The van der Waals surface area contributed by atoms with Crippen molar-refractivity contribution in [3.8, 4) is 22.2 Å². The molecule has 0 radical (unpaired) electrons. The predicted octanol–water partition coefficient (Wildman–Crippen LogP) is 4.82. The smallest absolute Gasteiger partial charge is 0.213 e. The number of aryl methyl sites for hydroxylation is 1. The van der Waals surface area contributed by atoms with Crippen molar-refractivity contribution in [1.82, 2.24) is 9.97 Å². The number of thiazole rings is 1. The average Bonchev–Trinajstić information content (AvgIpc) is 3.09. The minimum atomic E-state index is 0.605. The van der Waals surface area contributed by atoms with Crippen molar-refractivity contribution in [1.29, 1.82) is 0 Å². The van der Waals surface area contributed by atoms with Crippen LogP contribution in [0.3, 0.4) is 0 Å². The van der Waals surface area contributed by atoms with Crippen LogP contribution in [0.25, 0.3) is 11.3 Å². The predicted molar refractivity (Wildman–Crippen MR) is 108 cm³/mol. The topological polar surface area (TPSA) is 47.5 Å². The van der Waals surface area contributed by atoms with Crippen molar-refractivity contribution in [2.75, 3.05) is 18.6 Å². The van der Waals surface area contributed by atoms with Gasteiger partial charge in [0.1, 0.15) is 11.5 Å². The SMILES string of the molecule is COc1ccc(N2C=CC(Oc3sc(C)nc3-c3ccccc3)=CC2)cn1. The van der Waals surface area contributed by atoms with Crippen LogP contribution >= 0.6 is 11.3 Å². The van der Waals surface area contributed by atoms with E-state index in [4.69, 9.17) is 9.47 Å². The third kappa shape index (κ3) is 3.85. The van der Waals surface area contributed by atoms with Crippen LogP contribution in [0.1, 0.15) is 5.01 Å². The summed E-state index contributed by atoms with van der Waals surface area (Å²) in [6, 6.07) is 13.9. The Morgan fingerprint density at radius 2 is 1.96 bits per heavy atom. The maximum atomic E-state index is 6.15. The number of nitrogens with zero attached hydrogens (tertiary/aromatic N) is 3. The molecule has 0 aliphatic carbocycles. The third-order valence-corrected chi connectivity index (χ3v) is 4.98. The number of hydrogen-bond acceptors (Lipinski definition) is 6. The lowest BCUT2D eigenvalue weighted by Gasteiger charge is -2.22. The molecule has 6 heteroatoms. The normalized spacial score (nSPS) is 13.4. The molecule has 0 N–H and O–H groups in total. The van der Waals surface area contributed by atoms with Crippen molar-refractivity contribution >= 4 is 17.0 Å². The van der Waals surface area contributed by atoms with Gasteiger partial charge in [0, 0.05) is 24.4 Å². The largest absolute Gasteiger partial charge is 0.481 e. The fourth-order valence-electron chi connectivity index (χ4n) is 2.77. The molecular weight excluding hydrogens is 358 g/mol. The van der Waals surface area contributed by atoms with Gasteiger partial charge < -0.3 is 14.4 Å². The van der Waals surface area contributed by atoms with E-state index in [9.17, 15) is 0 Å². The summed E-state index contributed by atoms with van der Waals surface area (Å²) in [7, 11) is 1.61. The standard InChI is InChI=1S/C21H19N3O2S/c1-15-23-20(16-6-4-3-5-7-16)21(27-15)26-18-10-12-24(13-11-18)17-8-9-19(25-2)22-14-17/h3-12,14H,13H2,1-2H3. The molecule has 27 heavy (non-hydrogen) atoms. The van der Waals surface area contributed by atoms with Gasteiger partial charge in [0.2, 0.25) is 10.9 Å². The van der Waals surface area contributed by atoms with Crippen LogP contribution in [0.2, 0.25) is 0 Å². The Balaban J connectivity index is 1.49. The first-order valence-corrected chi connectivity index (χ1v) is 9.40. The van der Waals surface area contributed by atoms with E-state index in [0.717, 1.165) is 32.8 Å². The van der Waals surface area contributed by atoms with Crippen LogP contribution in [0, 0.1) is 6.92 Å². The summed E-state index contributed by atoms with van der Waals surface area (Å²) in [5, 5.41) is 1.80. The Morgan fingerprint density at radius 1 is 1.11 bits per heavy atom. The fourth-order valence-corrected chi connectivity index (χ4v) is 3.58. The Morgan fingerprint density at radius 3 is 2.63 bits per heavy atom. The molecule has 5 nitrogen and oxygen atoms in total. The summed E-state index contributed by atoms with van der Waals surface area (Å²) in [6.45, 7) is 2.70. The molecule has 1 aromatic carbocycles. The van der Waals surface area contributed by atoms with Gasteiger partial charge in [0.05, 0.1) is 24.0 Å². The summed E-state index contributed by atoms with van der Waals surface area (Å²) in [5.74, 6) is 1.42. The van der Waals surface area contributed by atoms with Gasteiger partial charge in [-0.25, -0.2) is 9.97 Å². The number of methoxy groups -OCH3 is 1. The molecule has 0 atom stereocenters. The second-order valence-electron chi connectivity index (χ2n) is 5.97. The highest BCUT2D eigenvalue weighted by Gasteiger charge is 2.15. The van der Waals surface area contributed by atoms with Gasteiger partial charge in [-0.1, -0.05) is 41.7 Å². The van der Waals surface area contributed by atoms with E-state index in [2.05, 4.69) is 14.9 Å². The molecule has 4 rings (SSSR count). The number of benzene rings is 1. The van der Waals surface area contributed by atoms with Crippen LogP contribution in [-0.4, -0.2) is 23.6 Å². The lowest BCUT2D eigenvalue weighted by molar-refractivity contribution is 0.398. The van der Waals surface area contributed by atoms with E-state index >= 15 is 0 Å². The molecule has 3 aromatic rings. The van der Waals surface area contributed by atoms with Crippen LogP contribution in [-0.2, 0) is 0 Å². The van der Waals surface area contributed by atoms with Crippen LogP contribution in [0.4, 0.5) is 5.69 Å². The van der Waals surface area contributed by atoms with Gasteiger partial charge in [-0.3, -0.25) is 0 Å². The Hall–Kier alpha value is -3.12. The molecule has 0 bridgehead atoms. The number of pyridine rings is 1. The highest BCUT2D eigenvalue weighted by atomic mass is 32.1. The number of hydrogen-bond donors (Lipinski definition) is 0. The molecule has 0 spiro atoms. The van der Waals surface area contributed by atoms with E-state index in [1.165, 1.54) is 0 Å². The Bertz CT molecular complexity index is 978. The van der Waals surface area contributed by atoms with Crippen LogP contribution < -0.4 is 14.4 Å². The number of anilines is 1. The average molecular weight is 377 g/mol. The molecule has 1 aliphatic rings. The van der Waals surface area contributed by atoms with Crippen LogP contribution in [0.5, 0.6) is 10.9 Å². The van der Waals surface area contributed by atoms with Crippen molar-refractivity contribution in [2.45, 2.75) is 6.92 Å². The van der Waals surface area contributed by atoms with Crippen molar-refractivity contribution in [2.24, 2.45) is 0 Å². The highest BCUT2D eigenvalue weighted by molar-refractivity contribution is 7.13. The quantitative estimate of drug-likeness (QED) is 0.638. The Labute approximate surface area is 162 Å². The number of rotatable bonds is 5. The summed E-state index contributed by atoms with van der Waals surface area (Å²) in [5.41, 5.74) is 2.94.